The number of unbranched alkanes of at least 4 members (excludes halogenated alkanes) is 2. The van der Waals surface area contributed by atoms with Gasteiger partial charge in [0.15, 0.2) is 0 Å². The molecule has 0 saturated carbocycles. The summed E-state index contributed by atoms with van der Waals surface area (Å²) in [6.07, 6.45) is 3.09. The van der Waals surface area contributed by atoms with Crippen molar-refractivity contribution in [3.8, 4) is 0 Å². The quantitative estimate of drug-likeness (QED) is 0.536. The smallest absolute Gasteiger partial charge is 0.220 e. The van der Waals surface area contributed by atoms with Gasteiger partial charge >= 0.3 is 0 Å². The van der Waals surface area contributed by atoms with Crippen molar-refractivity contribution in [1.82, 2.24) is 10.6 Å². The molecule has 0 aromatic heterocycles. The fourth-order valence-electron chi connectivity index (χ4n) is 1.55. The predicted octanol–water partition coefficient (Wildman–Crippen LogP) is 0.816. The highest BCUT2D eigenvalue weighted by Crippen LogP contribution is 2.03. The lowest BCUT2D eigenvalue weighted by molar-refractivity contribution is -0.122. The van der Waals surface area contributed by atoms with Crippen molar-refractivity contribution in [3.63, 3.8) is 0 Å². The van der Waals surface area contributed by atoms with Gasteiger partial charge in [0.2, 0.25) is 11.8 Å². The zero-order valence-electron chi connectivity index (χ0n) is 11.7. The zero-order chi connectivity index (χ0) is 14.0. The van der Waals surface area contributed by atoms with Gasteiger partial charge in [-0.15, -0.1) is 0 Å². The Kier molecular flexibility index (Phi) is 9.28. The molecule has 1 unspecified atom stereocenters. The Morgan fingerprint density at radius 1 is 1.17 bits per heavy atom. The van der Waals surface area contributed by atoms with E-state index in [4.69, 9.17) is 5.11 Å². The van der Waals surface area contributed by atoms with Crippen molar-refractivity contribution < 1.29 is 14.7 Å². The average Bonchev–Trinajstić information content (AvgIpc) is 2.29. The van der Waals surface area contributed by atoms with Crippen molar-refractivity contribution in [2.24, 2.45) is 5.92 Å². The fourth-order valence-corrected chi connectivity index (χ4v) is 1.55. The number of aliphatic hydroxyl groups excluding tert-OH is 1. The molecule has 0 fully saturated rings. The van der Waals surface area contributed by atoms with Gasteiger partial charge < -0.3 is 15.7 Å². The van der Waals surface area contributed by atoms with Crippen molar-refractivity contribution in [2.45, 2.75) is 52.5 Å². The Labute approximate surface area is 109 Å². The largest absolute Gasteiger partial charge is 0.394 e. The Bertz CT molecular complexity index is 255. The molecule has 2 amide bonds. The van der Waals surface area contributed by atoms with Crippen LogP contribution in [0.4, 0.5) is 0 Å². The second kappa shape index (κ2) is 9.88. The molecule has 0 aliphatic carbocycles. The third kappa shape index (κ3) is 8.98. The van der Waals surface area contributed by atoms with E-state index in [1.54, 1.807) is 0 Å². The van der Waals surface area contributed by atoms with Crippen LogP contribution in [-0.4, -0.2) is 36.1 Å². The molecule has 0 aromatic carbocycles. The highest BCUT2D eigenvalue weighted by molar-refractivity contribution is 5.76. The lowest BCUT2D eigenvalue weighted by Gasteiger charge is -2.19. The Morgan fingerprint density at radius 3 is 2.33 bits per heavy atom. The van der Waals surface area contributed by atoms with Gasteiger partial charge in [-0.25, -0.2) is 0 Å². The van der Waals surface area contributed by atoms with Gasteiger partial charge in [-0.05, 0) is 18.8 Å². The van der Waals surface area contributed by atoms with Gasteiger partial charge in [-0.3, -0.25) is 9.59 Å². The van der Waals surface area contributed by atoms with E-state index in [0.29, 0.717) is 13.0 Å². The van der Waals surface area contributed by atoms with Crippen LogP contribution in [0.5, 0.6) is 0 Å². The molecule has 0 saturated heterocycles. The average molecular weight is 258 g/mol. The SMILES string of the molecule is CC(=O)NCCCCCC(=O)NC(CO)C(C)C. The van der Waals surface area contributed by atoms with E-state index < -0.39 is 0 Å². The third-order valence-corrected chi connectivity index (χ3v) is 2.80. The van der Waals surface area contributed by atoms with E-state index in [1.807, 2.05) is 13.8 Å². The number of hydrogen-bond donors (Lipinski definition) is 3. The molecule has 0 aromatic rings. The predicted molar refractivity (Wildman–Crippen MR) is 71.0 cm³/mol. The van der Waals surface area contributed by atoms with Crippen LogP contribution in [0.3, 0.4) is 0 Å². The van der Waals surface area contributed by atoms with Crippen LogP contribution in [0.25, 0.3) is 0 Å². The molecular formula is C13H26N2O3. The standard InChI is InChI=1S/C13H26N2O3/c1-10(2)12(9-16)15-13(18)7-5-4-6-8-14-11(3)17/h10,12,16H,4-9H2,1-3H3,(H,14,17)(H,15,18). The van der Waals surface area contributed by atoms with Crippen LogP contribution < -0.4 is 10.6 Å². The lowest BCUT2D eigenvalue weighted by atomic mass is 10.1. The summed E-state index contributed by atoms with van der Waals surface area (Å²) in [5, 5.41) is 14.6. The van der Waals surface area contributed by atoms with Gasteiger partial charge in [-0.2, -0.15) is 0 Å². The molecule has 0 radical (unpaired) electrons. The van der Waals surface area contributed by atoms with Crippen LogP contribution in [0.1, 0.15) is 46.5 Å². The maximum absolute atomic E-state index is 11.6. The third-order valence-electron chi connectivity index (χ3n) is 2.80. The molecule has 0 spiro atoms. The number of hydrogen-bond acceptors (Lipinski definition) is 3. The van der Waals surface area contributed by atoms with Gasteiger partial charge in [0.05, 0.1) is 12.6 Å². The molecule has 5 heteroatoms. The first-order valence-electron chi connectivity index (χ1n) is 6.62. The number of rotatable bonds is 9. The molecule has 3 N–H and O–H groups in total. The second-order valence-corrected chi connectivity index (χ2v) is 4.89. The summed E-state index contributed by atoms with van der Waals surface area (Å²) in [5.74, 6) is 0.205. The van der Waals surface area contributed by atoms with Crippen LogP contribution >= 0.6 is 0 Å². The summed E-state index contributed by atoms with van der Waals surface area (Å²) in [4.78, 5) is 22.2. The van der Waals surface area contributed by atoms with E-state index in [9.17, 15) is 9.59 Å². The second-order valence-electron chi connectivity index (χ2n) is 4.89. The van der Waals surface area contributed by atoms with E-state index in [0.717, 1.165) is 19.3 Å². The maximum atomic E-state index is 11.6. The molecule has 1 atom stereocenters. The van der Waals surface area contributed by atoms with Gasteiger partial charge in [0, 0.05) is 19.9 Å². The maximum Gasteiger partial charge on any atom is 0.220 e. The molecule has 0 rings (SSSR count). The fraction of sp³-hybridized carbons (Fsp3) is 0.846. The summed E-state index contributed by atoms with van der Waals surface area (Å²) >= 11 is 0. The summed E-state index contributed by atoms with van der Waals surface area (Å²) in [6.45, 7) is 6.08. The Hall–Kier alpha value is -1.10. The molecule has 0 heterocycles. The minimum absolute atomic E-state index is 0.0118. The minimum atomic E-state index is -0.156. The van der Waals surface area contributed by atoms with Crippen LogP contribution in [0.2, 0.25) is 0 Å². The van der Waals surface area contributed by atoms with Gasteiger partial charge in [0.25, 0.3) is 0 Å². The summed E-state index contributed by atoms with van der Waals surface area (Å²) < 4.78 is 0. The van der Waals surface area contributed by atoms with Crippen molar-refractivity contribution in [3.05, 3.63) is 0 Å². The summed E-state index contributed by atoms with van der Waals surface area (Å²) in [6, 6.07) is -0.156. The van der Waals surface area contributed by atoms with Crippen LogP contribution in [-0.2, 0) is 9.59 Å². The Balaban J connectivity index is 3.56. The topological polar surface area (TPSA) is 78.4 Å². The monoisotopic (exact) mass is 258 g/mol. The van der Waals surface area contributed by atoms with Crippen molar-refractivity contribution in [2.75, 3.05) is 13.2 Å². The number of nitrogens with one attached hydrogen (secondary N) is 2. The minimum Gasteiger partial charge on any atom is -0.394 e. The molecular weight excluding hydrogens is 232 g/mol. The molecule has 0 aliphatic rings. The lowest BCUT2D eigenvalue weighted by Crippen LogP contribution is -2.41. The van der Waals surface area contributed by atoms with E-state index in [1.165, 1.54) is 6.92 Å². The summed E-state index contributed by atoms with van der Waals surface area (Å²) in [7, 11) is 0. The molecule has 0 bridgehead atoms. The van der Waals surface area contributed by atoms with Crippen molar-refractivity contribution >= 4 is 11.8 Å². The molecule has 5 nitrogen and oxygen atoms in total. The van der Waals surface area contributed by atoms with E-state index in [2.05, 4.69) is 10.6 Å². The molecule has 18 heavy (non-hydrogen) atoms. The molecule has 106 valence electrons. The highest BCUT2D eigenvalue weighted by Gasteiger charge is 2.14. The Morgan fingerprint density at radius 2 is 1.83 bits per heavy atom. The number of aliphatic hydroxyl groups is 1. The highest BCUT2D eigenvalue weighted by atomic mass is 16.3. The van der Waals surface area contributed by atoms with E-state index in [-0.39, 0.29) is 30.4 Å². The first-order valence-corrected chi connectivity index (χ1v) is 6.62. The van der Waals surface area contributed by atoms with Gasteiger partial charge in [0.1, 0.15) is 0 Å². The summed E-state index contributed by atoms with van der Waals surface area (Å²) in [5.41, 5.74) is 0. The molecule has 0 aliphatic heterocycles. The number of carbonyl (C=O) groups is 2. The van der Waals surface area contributed by atoms with Crippen LogP contribution in [0.15, 0.2) is 0 Å². The van der Waals surface area contributed by atoms with Gasteiger partial charge in [-0.1, -0.05) is 20.3 Å². The zero-order valence-corrected chi connectivity index (χ0v) is 11.7. The van der Waals surface area contributed by atoms with Crippen LogP contribution in [0, 0.1) is 5.92 Å². The normalized spacial score (nSPS) is 12.3. The van der Waals surface area contributed by atoms with E-state index >= 15 is 0 Å². The first-order chi connectivity index (χ1) is 8.47. The van der Waals surface area contributed by atoms with Crippen molar-refractivity contribution in [1.29, 1.82) is 0 Å². The first kappa shape index (κ1) is 16.9. The number of amides is 2. The number of carbonyl (C=O) groups excluding carboxylic acids is 2.